The number of rotatable bonds is 10. The molecule has 0 radical (unpaired) electrons. The summed E-state index contributed by atoms with van der Waals surface area (Å²) >= 11 is 0. The molecule has 2 aromatic heterocycles. The third kappa shape index (κ3) is 6.46. The van der Waals surface area contributed by atoms with Gasteiger partial charge in [-0.15, -0.1) is 0 Å². The molecule has 1 fully saturated rings. The van der Waals surface area contributed by atoms with Gasteiger partial charge in [0.05, 0.1) is 24.2 Å². The molecule has 5 rings (SSSR count). The van der Waals surface area contributed by atoms with Crippen LogP contribution >= 0.6 is 0 Å². The van der Waals surface area contributed by atoms with E-state index in [0.29, 0.717) is 42.9 Å². The Morgan fingerprint density at radius 3 is 2.60 bits per heavy atom. The molecule has 1 aliphatic carbocycles. The van der Waals surface area contributed by atoms with E-state index in [4.69, 9.17) is 14.5 Å². The molecule has 2 aliphatic rings. The average Bonchev–Trinajstić information content (AvgIpc) is 3.45. The molecule has 7 nitrogen and oxygen atoms in total. The number of aryl methyl sites for hydroxylation is 1. The quantitative estimate of drug-likeness (QED) is 0.244. The van der Waals surface area contributed by atoms with Gasteiger partial charge in [-0.25, -0.2) is 14.5 Å². The van der Waals surface area contributed by atoms with E-state index in [2.05, 4.69) is 55.2 Å². The average molecular weight is 571 g/mol. The van der Waals surface area contributed by atoms with Crippen molar-refractivity contribution in [1.82, 2.24) is 19.7 Å². The van der Waals surface area contributed by atoms with Crippen molar-refractivity contribution in [2.45, 2.75) is 78.6 Å². The van der Waals surface area contributed by atoms with Gasteiger partial charge in [0.25, 0.3) is 0 Å². The first-order chi connectivity index (χ1) is 20.4. The summed E-state index contributed by atoms with van der Waals surface area (Å²) in [6, 6.07) is 12.8. The maximum absolute atomic E-state index is 12.5. The lowest BCUT2D eigenvalue weighted by molar-refractivity contribution is 0.0525. The summed E-state index contributed by atoms with van der Waals surface area (Å²) in [5.41, 5.74) is 7.77. The summed E-state index contributed by atoms with van der Waals surface area (Å²) in [5.74, 6) is 2.39. The van der Waals surface area contributed by atoms with Crippen molar-refractivity contribution in [2.75, 3.05) is 33.4 Å². The van der Waals surface area contributed by atoms with E-state index in [0.717, 1.165) is 42.8 Å². The molecule has 1 aliphatic heterocycles. The van der Waals surface area contributed by atoms with Crippen molar-refractivity contribution in [3.05, 3.63) is 76.2 Å². The van der Waals surface area contributed by atoms with Crippen LogP contribution in [0.1, 0.15) is 98.6 Å². The molecule has 0 spiro atoms. The van der Waals surface area contributed by atoms with Crippen molar-refractivity contribution in [3.63, 3.8) is 0 Å². The number of carbonyl (C=O) groups is 1. The lowest BCUT2D eigenvalue weighted by atomic mass is 9.82. The number of pyridine rings is 1. The SMILES string of the molecule is CCOC(=O)c1cnn(-c2cccc(C3=C(COc4ccc(C5CCN(C)CC5)c(CC)c4)C(C)CCC3)n2)c1CC. The maximum atomic E-state index is 12.5. The Bertz CT molecular complexity index is 1420. The van der Waals surface area contributed by atoms with Crippen molar-refractivity contribution in [3.8, 4) is 11.6 Å². The molecule has 1 saturated heterocycles. The second-order valence-corrected chi connectivity index (χ2v) is 11.7. The molecule has 0 N–H and O–H groups in total. The summed E-state index contributed by atoms with van der Waals surface area (Å²) in [5, 5.41) is 4.53. The summed E-state index contributed by atoms with van der Waals surface area (Å²) in [6.07, 6.45) is 8.97. The minimum Gasteiger partial charge on any atom is -0.489 e. The summed E-state index contributed by atoms with van der Waals surface area (Å²) in [7, 11) is 2.22. The first-order valence-corrected chi connectivity index (χ1v) is 15.8. The van der Waals surface area contributed by atoms with E-state index in [-0.39, 0.29) is 5.97 Å². The van der Waals surface area contributed by atoms with Gasteiger partial charge < -0.3 is 14.4 Å². The molecule has 7 heteroatoms. The van der Waals surface area contributed by atoms with Crippen molar-refractivity contribution in [1.29, 1.82) is 0 Å². The number of aromatic nitrogens is 3. The van der Waals surface area contributed by atoms with Crippen LogP contribution in [0.4, 0.5) is 0 Å². The van der Waals surface area contributed by atoms with Gasteiger partial charge in [-0.2, -0.15) is 5.10 Å². The van der Waals surface area contributed by atoms with Gasteiger partial charge in [0.1, 0.15) is 17.9 Å². The smallest absolute Gasteiger partial charge is 0.341 e. The highest BCUT2D eigenvalue weighted by atomic mass is 16.5. The monoisotopic (exact) mass is 570 g/mol. The maximum Gasteiger partial charge on any atom is 0.341 e. The minimum absolute atomic E-state index is 0.334. The number of benzene rings is 1. The number of hydrogen-bond acceptors (Lipinski definition) is 6. The van der Waals surface area contributed by atoms with E-state index in [1.165, 1.54) is 48.2 Å². The van der Waals surface area contributed by atoms with Crippen LogP contribution in [0.2, 0.25) is 0 Å². The Balaban J connectivity index is 1.39. The number of ether oxygens (including phenoxy) is 2. The van der Waals surface area contributed by atoms with Crippen LogP contribution in [0.3, 0.4) is 0 Å². The second kappa shape index (κ2) is 13.7. The van der Waals surface area contributed by atoms with Crippen molar-refractivity contribution < 1.29 is 14.3 Å². The first-order valence-electron chi connectivity index (χ1n) is 15.8. The first kappa shape index (κ1) is 30.0. The zero-order chi connectivity index (χ0) is 29.6. The standard InChI is InChI=1S/C35H46N4O3/c1-6-25-21-27(15-16-28(25)26-17-19-38(5)20-18-26)42-23-31-24(4)11-9-12-29(31)32-13-10-14-34(37-32)39-33(7-2)30(22-36-39)35(40)41-8-3/h10,13-16,21-22,24,26H,6-9,11-12,17-20,23H2,1-5H3. The highest BCUT2D eigenvalue weighted by molar-refractivity contribution is 5.90. The van der Waals surface area contributed by atoms with Gasteiger partial charge >= 0.3 is 5.97 Å². The fourth-order valence-electron chi connectivity index (χ4n) is 6.60. The van der Waals surface area contributed by atoms with Crippen LogP contribution in [0.5, 0.6) is 5.75 Å². The summed E-state index contributed by atoms with van der Waals surface area (Å²) < 4.78 is 13.5. The van der Waals surface area contributed by atoms with Crippen LogP contribution in [-0.2, 0) is 17.6 Å². The molecular weight excluding hydrogens is 524 g/mol. The van der Waals surface area contributed by atoms with Crippen LogP contribution in [-0.4, -0.2) is 59.0 Å². The van der Waals surface area contributed by atoms with Gasteiger partial charge in [0.2, 0.25) is 0 Å². The fraction of sp³-hybridized carbons (Fsp3) is 0.514. The molecule has 42 heavy (non-hydrogen) atoms. The van der Waals surface area contributed by atoms with Gasteiger partial charge in [-0.3, -0.25) is 0 Å². The molecule has 1 unspecified atom stereocenters. The third-order valence-corrected chi connectivity index (χ3v) is 9.05. The largest absolute Gasteiger partial charge is 0.489 e. The number of nitrogens with zero attached hydrogens (tertiary/aromatic N) is 4. The Hall–Kier alpha value is -3.45. The van der Waals surface area contributed by atoms with Crippen molar-refractivity contribution in [2.24, 2.45) is 5.92 Å². The molecule has 0 amide bonds. The van der Waals surface area contributed by atoms with Crippen LogP contribution in [0, 0.1) is 5.92 Å². The Labute approximate surface area is 250 Å². The van der Waals surface area contributed by atoms with E-state index < -0.39 is 0 Å². The Morgan fingerprint density at radius 2 is 1.86 bits per heavy atom. The van der Waals surface area contributed by atoms with E-state index in [9.17, 15) is 4.79 Å². The number of piperidine rings is 1. The number of hydrogen-bond donors (Lipinski definition) is 0. The molecule has 3 heterocycles. The highest BCUT2D eigenvalue weighted by Gasteiger charge is 2.25. The molecule has 1 aromatic carbocycles. The Kier molecular flexibility index (Phi) is 9.78. The predicted molar refractivity (Wildman–Crippen MR) is 167 cm³/mol. The lowest BCUT2D eigenvalue weighted by Gasteiger charge is -2.30. The topological polar surface area (TPSA) is 69.5 Å². The molecule has 224 valence electrons. The molecule has 3 aromatic rings. The summed E-state index contributed by atoms with van der Waals surface area (Å²) in [6.45, 7) is 11.6. The number of carbonyl (C=O) groups excluding carboxylic acids is 1. The van der Waals surface area contributed by atoms with Crippen LogP contribution in [0.25, 0.3) is 11.4 Å². The predicted octanol–water partition coefficient (Wildman–Crippen LogP) is 7.03. The molecule has 0 bridgehead atoms. The fourth-order valence-corrected chi connectivity index (χ4v) is 6.60. The highest BCUT2D eigenvalue weighted by Crippen LogP contribution is 2.37. The van der Waals surface area contributed by atoms with E-state index in [1.54, 1.807) is 10.9 Å². The normalized spacial score (nSPS) is 18.4. The van der Waals surface area contributed by atoms with Gasteiger partial charge in [-0.1, -0.05) is 32.9 Å². The van der Waals surface area contributed by atoms with E-state index >= 15 is 0 Å². The van der Waals surface area contributed by atoms with Gasteiger partial charge in [0.15, 0.2) is 5.82 Å². The Morgan fingerprint density at radius 1 is 1.05 bits per heavy atom. The molecule has 1 atom stereocenters. The third-order valence-electron chi connectivity index (χ3n) is 9.05. The van der Waals surface area contributed by atoms with Gasteiger partial charge in [-0.05, 0) is 130 Å². The number of allylic oxidation sites excluding steroid dienone is 1. The van der Waals surface area contributed by atoms with E-state index in [1.807, 2.05) is 26.0 Å². The zero-order valence-electron chi connectivity index (χ0n) is 26.0. The minimum atomic E-state index is -0.342. The van der Waals surface area contributed by atoms with Crippen molar-refractivity contribution >= 4 is 11.5 Å². The summed E-state index contributed by atoms with van der Waals surface area (Å²) in [4.78, 5) is 20.0. The second-order valence-electron chi connectivity index (χ2n) is 11.7. The molecule has 0 saturated carbocycles. The molecular formula is C35H46N4O3. The number of likely N-dealkylation sites (tertiary alicyclic amines) is 1. The van der Waals surface area contributed by atoms with Crippen LogP contribution < -0.4 is 4.74 Å². The van der Waals surface area contributed by atoms with Gasteiger partial charge in [0, 0.05) is 0 Å². The zero-order valence-corrected chi connectivity index (χ0v) is 26.0. The van der Waals surface area contributed by atoms with Crippen LogP contribution in [0.15, 0.2) is 48.2 Å². The lowest BCUT2D eigenvalue weighted by Crippen LogP contribution is -2.29. The number of esters is 1.